The van der Waals surface area contributed by atoms with E-state index in [4.69, 9.17) is 18.9 Å². The Morgan fingerprint density at radius 1 is 0.696 bits per heavy atom. The Balaban J connectivity index is 1.72. The number of hydrogen-bond acceptors (Lipinski definition) is 5. The Morgan fingerprint density at radius 3 is 1.52 bits per heavy atom. The highest BCUT2D eigenvalue weighted by atomic mass is 16.6. The minimum atomic E-state index is -1.17. The van der Waals surface area contributed by atoms with E-state index in [1.807, 2.05) is 36.4 Å². The monoisotopic (exact) mass is 314 g/mol. The first kappa shape index (κ1) is 14.2. The number of benzene rings is 2. The first-order valence-corrected chi connectivity index (χ1v) is 7.67. The Bertz CT molecular complexity index is 677. The maximum atomic E-state index is 11.1. The molecule has 0 fully saturated rings. The molecule has 5 heteroatoms. The van der Waals surface area contributed by atoms with Crippen LogP contribution in [0.5, 0.6) is 23.0 Å². The van der Waals surface area contributed by atoms with Gasteiger partial charge in [-0.05, 0) is 42.3 Å². The number of fused-ring (bicyclic) bond motifs is 2. The van der Waals surface area contributed by atoms with Crippen molar-refractivity contribution in [2.45, 2.75) is 12.5 Å². The van der Waals surface area contributed by atoms with E-state index in [0.717, 1.165) is 11.1 Å². The first-order valence-electron chi connectivity index (χ1n) is 7.67. The molecule has 2 heterocycles. The van der Waals surface area contributed by atoms with Crippen molar-refractivity contribution in [3.05, 3.63) is 47.5 Å². The van der Waals surface area contributed by atoms with E-state index in [9.17, 15) is 5.11 Å². The molecule has 2 aromatic carbocycles. The summed E-state index contributed by atoms with van der Waals surface area (Å²) in [5, 5.41) is 11.1. The van der Waals surface area contributed by atoms with Gasteiger partial charge >= 0.3 is 0 Å². The van der Waals surface area contributed by atoms with Crippen LogP contribution in [-0.2, 0) is 5.60 Å². The van der Waals surface area contributed by atoms with Crippen molar-refractivity contribution in [1.29, 1.82) is 0 Å². The lowest BCUT2D eigenvalue weighted by atomic mass is 9.87. The zero-order valence-corrected chi connectivity index (χ0v) is 12.9. The summed E-state index contributed by atoms with van der Waals surface area (Å²) in [6, 6.07) is 11.0. The SMILES string of the molecule is CC(O)(c1ccc2c(c1)OCCO2)c1ccc2c(c1)OCCO2. The predicted molar refractivity (Wildman–Crippen MR) is 83.5 cm³/mol. The molecular weight excluding hydrogens is 296 g/mol. The molecule has 0 radical (unpaired) electrons. The molecule has 0 aliphatic carbocycles. The Kier molecular flexibility index (Phi) is 3.31. The number of hydrogen-bond donors (Lipinski definition) is 1. The second-order valence-corrected chi connectivity index (χ2v) is 5.79. The molecule has 4 rings (SSSR count). The third-order valence-electron chi connectivity index (χ3n) is 4.21. The van der Waals surface area contributed by atoms with Gasteiger partial charge in [-0.2, -0.15) is 0 Å². The zero-order chi connectivity index (χ0) is 15.9. The van der Waals surface area contributed by atoms with Crippen molar-refractivity contribution in [3.63, 3.8) is 0 Å². The van der Waals surface area contributed by atoms with E-state index in [2.05, 4.69) is 0 Å². The van der Waals surface area contributed by atoms with E-state index >= 15 is 0 Å². The van der Waals surface area contributed by atoms with Crippen molar-refractivity contribution >= 4 is 0 Å². The van der Waals surface area contributed by atoms with Crippen LogP contribution in [0.25, 0.3) is 0 Å². The van der Waals surface area contributed by atoms with Gasteiger partial charge in [0.05, 0.1) is 0 Å². The fourth-order valence-corrected chi connectivity index (χ4v) is 2.86. The smallest absolute Gasteiger partial charge is 0.161 e. The predicted octanol–water partition coefficient (Wildman–Crippen LogP) is 2.48. The van der Waals surface area contributed by atoms with Gasteiger partial charge in [-0.25, -0.2) is 0 Å². The molecule has 0 saturated carbocycles. The summed E-state index contributed by atoms with van der Waals surface area (Å²) in [7, 11) is 0. The molecule has 0 aromatic heterocycles. The molecule has 0 amide bonds. The topological polar surface area (TPSA) is 57.2 Å². The summed E-state index contributed by atoms with van der Waals surface area (Å²) >= 11 is 0. The Labute approximate surface area is 134 Å². The molecule has 0 spiro atoms. The fourth-order valence-electron chi connectivity index (χ4n) is 2.86. The van der Waals surface area contributed by atoms with Gasteiger partial charge < -0.3 is 24.1 Å². The molecule has 5 nitrogen and oxygen atoms in total. The van der Waals surface area contributed by atoms with Crippen LogP contribution >= 0.6 is 0 Å². The van der Waals surface area contributed by atoms with Gasteiger partial charge in [0, 0.05) is 0 Å². The quantitative estimate of drug-likeness (QED) is 0.923. The van der Waals surface area contributed by atoms with Gasteiger partial charge in [-0.15, -0.1) is 0 Å². The van der Waals surface area contributed by atoms with Crippen molar-refractivity contribution in [1.82, 2.24) is 0 Å². The molecule has 23 heavy (non-hydrogen) atoms. The summed E-state index contributed by atoms with van der Waals surface area (Å²) in [5.74, 6) is 2.73. The van der Waals surface area contributed by atoms with Crippen LogP contribution in [0.4, 0.5) is 0 Å². The molecule has 120 valence electrons. The first-order chi connectivity index (χ1) is 11.1. The van der Waals surface area contributed by atoms with E-state index in [1.165, 1.54) is 0 Å². The number of rotatable bonds is 2. The van der Waals surface area contributed by atoms with Crippen LogP contribution in [0.15, 0.2) is 36.4 Å². The maximum Gasteiger partial charge on any atom is 0.161 e. The molecule has 0 atom stereocenters. The van der Waals surface area contributed by atoms with E-state index in [-0.39, 0.29) is 0 Å². The largest absolute Gasteiger partial charge is 0.486 e. The molecule has 0 unspecified atom stereocenters. The second kappa shape index (κ2) is 5.35. The van der Waals surface area contributed by atoms with Gasteiger partial charge in [-0.1, -0.05) is 12.1 Å². The lowest BCUT2D eigenvalue weighted by molar-refractivity contribution is 0.0996. The van der Waals surface area contributed by atoms with Crippen LogP contribution in [0.1, 0.15) is 18.1 Å². The molecule has 2 aliphatic heterocycles. The van der Waals surface area contributed by atoms with Gasteiger partial charge in [-0.3, -0.25) is 0 Å². The molecule has 0 bridgehead atoms. The Morgan fingerprint density at radius 2 is 1.09 bits per heavy atom. The van der Waals surface area contributed by atoms with Crippen LogP contribution < -0.4 is 18.9 Å². The van der Waals surface area contributed by atoms with Gasteiger partial charge in [0.1, 0.15) is 32.0 Å². The minimum Gasteiger partial charge on any atom is -0.486 e. The highest BCUT2D eigenvalue weighted by molar-refractivity contribution is 5.51. The standard InChI is InChI=1S/C18H18O5/c1-18(19,12-2-4-14-16(10-12)22-8-6-20-14)13-3-5-15-17(11-13)23-9-7-21-15/h2-5,10-11,19H,6-9H2,1H3. The maximum absolute atomic E-state index is 11.1. The van der Waals surface area contributed by atoms with Gasteiger partial charge in [0.15, 0.2) is 23.0 Å². The minimum absolute atomic E-state index is 0.516. The van der Waals surface area contributed by atoms with Crippen LogP contribution in [0.3, 0.4) is 0 Å². The molecule has 1 N–H and O–H groups in total. The zero-order valence-electron chi connectivity index (χ0n) is 12.9. The number of ether oxygens (including phenoxy) is 4. The summed E-state index contributed by atoms with van der Waals surface area (Å²) in [5.41, 5.74) is 0.294. The van der Waals surface area contributed by atoms with Crippen LogP contribution in [0, 0.1) is 0 Å². The van der Waals surface area contributed by atoms with Crippen LogP contribution in [-0.4, -0.2) is 31.5 Å². The van der Waals surface area contributed by atoms with Gasteiger partial charge in [0.25, 0.3) is 0 Å². The van der Waals surface area contributed by atoms with E-state index in [0.29, 0.717) is 49.4 Å². The van der Waals surface area contributed by atoms with Crippen molar-refractivity contribution < 1.29 is 24.1 Å². The fraction of sp³-hybridized carbons (Fsp3) is 0.333. The Hall–Kier alpha value is -2.40. The summed E-state index contributed by atoms with van der Waals surface area (Å²) in [6.45, 7) is 3.88. The highest BCUT2D eigenvalue weighted by Gasteiger charge is 2.29. The van der Waals surface area contributed by atoms with E-state index in [1.54, 1.807) is 6.92 Å². The molecule has 0 saturated heterocycles. The third-order valence-corrected chi connectivity index (χ3v) is 4.21. The normalized spacial score (nSPS) is 16.1. The third kappa shape index (κ3) is 2.47. The summed E-state index contributed by atoms with van der Waals surface area (Å²) < 4.78 is 22.3. The molecule has 2 aromatic rings. The average molecular weight is 314 g/mol. The second-order valence-electron chi connectivity index (χ2n) is 5.79. The van der Waals surface area contributed by atoms with Gasteiger partial charge in [0.2, 0.25) is 0 Å². The molecular formula is C18H18O5. The summed E-state index contributed by atoms with van der Waals surface area (Å²) in [6.07, 6.45) is 0. The number of aliphatic hydroxyl groups is 1. The van der Waals surface area contributed by atoms with Crippen molar-refractivity contribution in [3.8, 4) is 23.0 Å². The summed E-state index contributed by atoms with van der Waals surface area (Å²) in [4.78, 5) is 0. The van der Waals surface area contributed by atoms with E-state index < -0.39 is 5.60 Å². The molecule has 2 aliphatic rings. The van der Waals surface area contributed by atoms with Crippen LogP contribution in [0.2, 0.25) is 0 Å². The van der Waals surface area contributed by atoms with Crippen molar-refractivity contribution in [2.75, 3.05) is 26.4 Å². The van der Waals surface area contributed by atoms with Crippen molar-refractivity contribution in [2.24, 2.45) is 0 Å². The average Bonchev–Trinajstić information content (AvgIpc) is 2.61. The highest BCUT2D eigenvalue weighted by Crippen LogP contribution is 2.40. The lowest BCUT2D eigenvalue weighted by Crippen LogP contribution is -2.24. The lowest BCUT2D eigenvalue weighted by Gasteiger charge is -2.28.